The van der Waals surface area contributed by atoms with Gasteiger partial charge < -0.3 is 4.90 Å². The SMILES string of the molecule is O=C(c1ccc(Br)c(Cl)c1)N1CCS(=O)(=O)[C@H](c2nc(Cc3ccccc3)cs2)C1. The molecule has 0 radical (unpaired) electrons. The molecule has 1 aliphatic heterocycles. The predicted molar refractivity (Wildman–Crippen MR) is 123 cm³/mol. The zero-order chi connectivity index (χ0) is 21.3. The molecule has 1 atom stereocenters. The van der Waals surface area contributed by atoms with Crippen LogP contribution in [-0.2, 0) is 16.3 Å². The molecule has 1 amide bonds. The summed E-state index contributed by atoms with van der Waals surface area (Å²) in [5.41, 5.74) is 2.38. The molecule has 0 N–H and O–H groups in total. The Morgan fingerprint density at radius 1 is 1.23 bits per heavy atom. The molecule has 9 heteroatoms. The number of sulfone groups is 1. The Kier molecular flexibility index (Phi) is 6.29. The highest BCUT2D eigenvalue weighted by Crippen LogP contribution is 2.32. The molecule has 30 heavy (non-hydrogen) atoms. The van der Waals surface area contributed by atoms with E-state index in [0.717, 1.165) is 11.3 Å². The number of benzene rings is 2. The normalized spacial score (nSPS) is 18.3. The summed E-state index contributed by atoms with van der Waals surface area (Å²) in [6.07, 6.45) is 0.643. The van der Waals surface area contributed by atoms with Gasteiger partial charge in [-0.3, -0.25) is 4.79 Å². The maximum Gasteiger partial charge on any atom is 0.253 e. The van der Waals surface area contributed by atoms with E-state index in [9.17, 15) is 13.2 Å². The van der Waals surface area contributed by atoms with Crippen molar-refractivity contribution in [3.05, 3.63) is 85.2 Å². The largest absolute Gasteiger partial charge is 0.336 e. The fourth-order valence-corrected chi connectivity index (χ4v) is 6.72. The van der Waals surface area contributed by atoms with Crippen molar-refractivity contribution >= 4 is 54.6 Å². The third-order valence-corrected chi connectivity index (χ3v) is 9.37. The number of hydrogen-bond donors (Lipinski definition) is 0. The summed E-state index contributed by atoms with van der Waals surface area (Å²) in [6.45, 7) is 0.251. The second-order valence-electron chi connectivity index (χ2n) is 7.08. The Morgan fingerprint density at radius 3 is 2.73 bits per heavy atom. The van der Waals surface area contributed by atoms with Gasteiger partial charge in [0.15, 0.2) is 9.84 Å². The molecule has 156 valence electrons. The number of halogens is 2. The standard InChI is InChI=1S/C21H18BrClN2O3S2/c22-17-7-6-15(11-18(17)23)21(26)25-8-9-30(27,28)19(12-25)20-24-16(13-29-20)10-14-4-2-1-3-5-14/h1-7,11,13,19H,8-10,12H2/t19-/m0/s1. The van der Waals surface area contributed by atoms with Crippen molar-refractivity contribution in [3.8, 4) is 0 Å². The Labute approximate surface area is 192 Å². The van der Waals surface area contributed by atoms with Crippen LogP contribution in [0.25, 0.3) is 0 Å². The third kappa shape index (κ3) is 4.61. The minimum absolute atomic E-state index is 0.0821. The average molecular weight is 526 g/mol. The first-order valence-electron chi connectivity index (χ1n) is 9.27. The maximum atomic E-state index is 12.9. The van der Waals surface area contributed by atoms with Crippen LogP contribution >= 0.6 is 38.9 Å². The van der Waals surface area contributed by atoms with Gasteiger partial charge in [-0.05, 0) is 39.7 Å². The van der Waals surface area contributed by atoms with E-state index in [1.165, 1.54) is 11.3 Å². The first-order chi connectivity index (χ1) is 14.3. The molecule has 1 aliphatic rings. The summed E-state index contributed by atoms with van der Waals surface area (Å²) >= 11 is 10.8. The minimum Gasteiger partial charge on any atom is -0.336 e. The lowest BCUT2D eigenvalue weighted by Gasteiger charge is -2.31. The second-order valence-corrected chi connectivity index (χ2v) is 11.5. The van der Waals surface area contributed by atoms with Gasteiger partial charge >= 0.3 is 0 Å². The van der Waals surface area contributed by atoms with E-state index in [-0.39, 0.29) is 24.7 Å². The number of thiazole rings is 1. The molecule has 2 heterocycles. The van der Waals surface area contributed by atoms with Crippen molar-refractivity contribution in [1.29, 1.82) is 0 Å². The van der Waals surface area contributed by atoms with E-state index < -0.39 is 15.1 Å². The van der Waals surface area contributed by atoms with Gasteiger partial charge in [0.05, 0.1) is 16.5 Å². The highest BCUT2D eigenvalue weighted by Gasteiger charge is 2.38. The molecule has 5 nitrogen and oxygen atoms in total. The van der Waals surface area contributed by atoms with Gasteiger partial charge in [-0.2, -0.15) is 0 Å². The molecule has 3 aromatic rings. The molecule has 0 unspecified atom stereocenters. The van der Waals surface area contributed by atoms with E-state index >= 15 is 0 Å². The van der Waals surface area contributed by atoms with Crippen LogP contribution in [0.3, 0.4) is 0 Å². The molecule has 2 aromatic carbocycles. The van der Waals surface area contributed by atoms with E-state index in [4.69, 9.17) is 11.6 Å². The number of rotatable bonds is 4. The van der Waals surface area contributed by atoms with Crippen molar-refractivity contribution in [3.63, 3.8) is 0 Å². The highest BCUT2D eigenvalue weighted by molar-refractivity contribution is 9.10. The number of carbonyl (C=O) groups excluding carboxylic acids is 1. The van der Waals surface area contributed by atoms with E-state index in [0.29, 0.717) is 26.5 Å². The molecule has 1 aromatic heterocycles. The van der Waals surface area contributed by atoms with E-state index in [1.807, 2.05) is 35.7 Å². The third-order valence-electron chi connectivity index (χ3n) is 4.99. The lowest BCUT2D eigenvalue weighted by atomic mass is 10.1. The lowest BCUT2D eigenvalue weighted by Crippen LogP contribution is -2.45. The number of hydrogen-bond acceptors (Lipinski definition) is 5. The Morgan fingerprint density at radius 2 is 2.00 bits per heavy atom. The molecule has 1 fully saturated rings. The summed E-state index contributed by atoms with van der Waals surface area (Å²) in [6, 6.07) is 14.9. The van der Waals surface area contributed by atoms with Crippen LogP contribution < -0.4 is 0 Å². The molecule has 0 saturated carbocycles. The quantitative estimate of drug-likeness (QED) is 0.492. The molecular formula is C21H18BrClN2O3S2. The second kappa shape index (κ2) is 8.78. The van der Waals surface area contributed by atoms with Crippen LogP contribution in [0.2, 0.25) is 5.02 Å². The Hall–Kier alpha value is -1.74. The Bertz CT molecular complexity index is 1180. The minimum atomic E-state index is -3.38. The van der Waals surface area contributed by atoms with Crippen molar-refractivity contribution in [2.24, 2.45) is 0 Å². The lowest BCUT2D eigenvalue weighted by molar-refractivity contribution is 0.0758. The number of nitrogens with zero attached hydrogens (tertiary/aromatic N) is 2. The van der Waals surface area contributed by atoms with Crippen LogP contribution in [0.4, 0.5) is 0 Å². The summed E-state index contributed by atoms with van der Waals surface area (Å²) in [7, 11) is -3.38. The van der Waals surface area contributed by atoms with Gasteiger partial charge in [-0.15, -0.1) is 11.3 Å². The average Bonchev–Trinajstić information content (AvgIpc) is 3.18. The van der Waals surface area contributed by atoms with Gasteiger partial charge in [-0.25, -0.2) is 13.4 Å². The monoisotopic (exact) mass is 524 g/mol. The topological polar surface area (TPSA) is 67.3 Å². The Balaban J connectivity index is 1.55. The number of amides is 1. The summed E-state index contributed by atoms with van der Waals surface area (Å²) in [5, 5.41) is 2.06. The zero-order valence-corrected chi connectivity index (χ0v) is 19.8. The highest BCUT2D eigenvalue weighted by atomic mass is 79.9. The van der Waals surface area contributed by atoms with Crippen LogP contribution in [-0.4, -0.2) is 43.1 Å². The summed E-state index contributed by atoms with van der Waals surface area (Å²) in [4.78, 5) is 19.1. The molecule has 4 rings (SSSR count). The van der Waals surface area contributed by atoms with Gasteiger partial charge in [0.2, 0.25) is 0 Å². The number of aromatic nitrogens is 1. The molecule has 1 saturated heterocycles. The smallest absolute Gasteiger partial charge is 0.253 e. The van der Waals surface area contributed by atoms with Crippen molar-refractivity contribution in [2.45, 2.75) is 11.7 Å². The van der Waals surface area contributed by atoms with Gasteiger partial charge in [0.25, 0.3) is 5.91 Å². The van der Waals surface area contributed by atoms with E-state index in [1.54, 1.807) is 23.1 Å². The van der Waals surface area contributed by atoms with Crippen LogP contribution in [0.15, 0.2) is 58.4 Å². The maximum absolute atomic E-state index is 12.9. The first-order valence-corrected chi connectivity index (χ1v) is 13.0. The molecule has 0 spiro atoms. The van der Waals surface area contributed by atoms with Crippen LogP contribution in [0, 0.1) is 0 Å². The number of carbonyl (C=O) groups is 1. The van der Waals surface area contributed by atoms with Crippen molar-refractivity contribution < 1.29 is 13.2 Å². The van der Waals surface area contributed by atoms with Crippen molar-refractivity contribution in [1.82, 2.24) is 9.88 Å². The van der Waals surface area contributed by atoms with Crippen LogP contribution in [0.5, 0.6) is 0 Å². The molecule has 0 bridgehead atoms. The molecular weight excluding hydrogens is 508 g/mol. The fourth-order valence-electron chi connectivity index (χ4n) is 3.37. The van der Waals surface area contributed by atoms with E-state index in [2.05, 4.69) is 20.9 Å². The van der Waals surface area contributed by atoms with Crippen molar-refractivity contribution in [2.75, 3.05) is 18.8 Å². The first kappa shape index (κ1) is 21.5. The van der Waals surface area contributed by atoms with Crippen LogP contribution in [0.1, 0.15) is 31.9 Å². The fraction of sp³-hybridized carbons (Fsp3) is 0.238. The van der Waals surface area contributed by atoms with Gasteiger partial charge in [0, 0.05) is 34.9 Å². The van der Waals surface area contributed by atoms with Gasteiger partial charge in [0.1, 0.15) is 10.3 Å². The summed E-state index contributed by atoms with van der Waals surface area (Å²) in [5.74, 6) is -0.313. The van der Waals surface area contributed by atoms with Gasteiger partial charge in [-0.1, -0.05) is 41.9 Å². The predicted octanol–water partition coefficient (Wildman–Crippen LogP) is 4.76. The molecule has 0 aliphatic carbocycles. The summed E-state index contributed by atoms with van der Waals surface area (Å²) < 4.78 is 26.2. The zero-order valence-electron chi connectivity index (χ0n) is 15.8.